The number of allylic oxidation sites excluding steroid dienone is 2. The zero-order valence-corrected chi connectivity index (χ0v) is 26.5. The van der Waals surface area contributed by atoms with Crippen molar-refractivity contribution >= 4 is 52.3 Å². The van der Waals surface area contributed by atoms with Crippen LogP contribution in [0.1, 0.15) is 38.2 Å². The molecule has 4 amide bonds. The number of carbonyl (C=O) groups is 4. The predicted octanol–water partition coefficient (Wildman–Crippen LogP) is 5.93. The summed E-state index contributed by atoms with van der Waals surface area (Å²) in [5, 5.41) is 21.5. The summed E-state index contributed by atoms with van der Waals surface area (Å²) in [5.41, 5.74) is 0.0348. The first-order valence-electron chi connectivity index (χ1n) is 15.5. The van der Waals surface area contributed by atoms with E-state index in [-0.39, 0.29) is 53.0 Å². The highest BCUT2D eigenvalue weighted by Gasteiger charge is 2.67. The third-order valence-corrected chi connectivity index (χ3v) is 10.7. The normalized spacial score (nSPS) is 27.8. The molecule has 246 valence electrons. The smallest absolute Gasteiger partial charge is 0.269 e. The number of fused-ring (bicyclic) bond motifs is 4. The molecular weight excluding hydrogens is 645 g/mol. The van der Waals surface area contributed by atoms with Gasteiger partial charge >= 0.3 is 0 Å². The summed E-state index contributed by atoms with van der Waals surface area (Å²) in [7, 11) is 0. The summed E-state index contributed by atoms with van der Waals surface area (Å²) in [6, 6.07) is 13.5. The number of rotatable bonds is 6. The lowest BCUT2D eigenvalue weighted by Gasteiger charge is -2.49. The number of non-ortho nitro benzene ring substituents is 1. The molecule has 1 saturated carbocycles. The number of amides is 4. The Morgan fingerprint density at radius 1 is 0.979 bits per heavy atom. The van der Waals surface area contributed by atoms with Crippen molar-refractivity contribution in [2.45, 2.75) is 32.6 Å². The summed E-state index contributed by atoms with van der Waals surface area (Å²) in [5.74, 6) is -6.58. The lowest BCUT2D eigenvalue weighted by Crippen LogP contribution is -2.48. The maximum absolute atomic E-state index is 14.5. The van der Waals surface area contributed by atoms with E-state index in [4.69, 9.17) is 16.3 Å². The predicted molar refractivity (Wildman–Crippen MR) is 171 cm³/mol. The maximum Gasteiger partial charge on any atom is 0.269 e. The van der Waals surface area contributed by atoms with E-state index in [1.807, 2.05) is 6.08 Å². The Bertz CT molecular complexity index is 1970. The van der Waals surface area contributed by atoms with Crippen LogP contribution in [0.15, 0.2) is 72.3 Å². The third-order valence-electron chi connectivity index (χ3n) is 10.4. The fourth-order valence-corrected chi connectivity index (χ4v) is 8.40. The van der Waals surface area contributed by atoms with Crippen LogP contribution in [0.5, 0.6) is 11.5 Å². The average molecular weight is 674 g/mol. The Labute approximate surface area is 278 Å². The first kappa shape index (κ1) is 31.5. The summed E-state index contributed by atoms with van der Waals surface area (Å²) in [6.07, 6.45) is 2.15. The lowest BCUT2D eigenvalue weighted by atomic mass is 9.51. The zero-order valence-electron chi connectivity index (χ0n) is 25.8. The Balaban J connectivity index is 1.35. The number of aromatic hydroxyl groups is 1. The number of benzene rings is 3. The van der Waals surface area contributed by atoms with E-state index < -0.39 is 69.4 Å². The second kappa shape index (κ2) is 11.3. The molecule has 1 N–H and O–H groups in total. The summed E-state index contributed by atoms with van der Waals surface area (Å²) < 4.78 is 19.8. The van der Waals surface area contributed by atoms with E-state index in [0.29, 0.717) is 5.56 Å². The Kier molecular flexibility index (Phi) is 7.39. The van der Waals surface area contributed by atoms with E-state index in [2.05, 4.69) is 0 Å². The van der Waals surface area contributed by atoms with Crippen LogP contribution < -0.4 is 14.5 Å². The summed E-state index contributed by atoms with van der Waals surface area (Å²) >= 11 is 6.06. The Morgan fingerprint density at radius 3 is 2.35 bits per heavy atom. The fourth-order valence-electron chi connectivity index (χ4n) is 8.22. The van der Waals surface area contributed by atoms with Gasteiger partial charge in [-0.25, -0.2) is 9.29 Å². The molecule has 4 aliphatic rings. The van der Waals surface area contributed by atoms with Crippen LogP contribution in [-0.4, -0.2) is 40.3 Å². The van der Waals surface area contributed by atoms with Crippen LogP contribution in [0.3, 0.4) is 0 Å². The first-order valence-corrected chi connectivity index (χ1v) is 15.9. The minimum absolute atomic E-state index is 0.0829. The number of carbonyl (C=O) groups excluding carboxylic acids is 4. The first-order chi connectivity index (χ1) is 22.9. The molecule has 2 aliphatic carbocycles. The van der Waals surface area contributed by atoms with Gasteiger partial charge in [0, 0.05) is 18.1 Å². The largest absolute Gasteiger partial charge is 0.504 e. The number of phenols is 1. The topological polar surface area (TPSA) is 147 Å². The number of hydrogen-bond donors (Lipinski definition) is 1. The van der Waals surface area contributed by atoms with Crippen molar-refractivity contribution in [3.63, 3.8) is 0 Å². The van der Waals surface area contributed by atoms with Crippen LogP contribution in [0.2, 0.25) is 5.02 Å². The molecule has 6 atom stereocenters. The van der Waals surface area contributed by atoms with Gasteiger partial charge in [-0.1, -0.05) is 29.3 Å². The van der Waals surface area contributed by atoms with E-state index in [1.165, 1.54) is 42.5 Å². The van der Waals surface area contributed by atoms with Crippen molar-refractivity contribution in [2.75, 3.05) is 16.4 Å². The van der Waals surface area contributed by atoms with Gasteiger partial charge in [0.2, 0.25) is 23.6 Å². The molecule has 11 nitrogen and oxygen atoms in total. The molecule has 0 unspecified atom stereocenters. The number of nitro groups is 1. The highest BCUT2D eigenvalue weighted by Crippen LogP contribution is 2.64. The number of nitrogens with zero attached hydrogens (tertiary/aromatic N) is 3. The van der Waals surface area contributed by atoms with Gasteiger partial charge in [0.15, 0.2) is 11.5 Å². The van der Waals surface area contributed by atoms with Crippen molar-refractivity contribution < 1.29 is 38.3 Å². The van der Waals surface area contributed by atoms with Crippen molar-refractivity contribution in [3.8, 4) is 11.5 Å². The highest BCUT2D eigenvalue weighted by atomic mass is 35.5. The van der Waals surface area contributed by atoms with Gasteiger partial charge in [0.05, 0.1) is 51.1 Å². The van der Waals surface area contributed by atoms with Gasteiger partial charge < -0.3 is 9.84 Å². The van der Waals surface area contributed by atoms with Crippen LogP contribution in [-0.2, 0) is 19.2 Å². The summed E-state index contributed by atoms with van der Waals surface area (Å²) in [6.45, 7) is 3.71. The van der Waals surface area contributed by atoms with E-state index >= 15 is 0 Å². The van der Waals surface area contributed by atoms with Crippen molar-refractivity contribution in [1.82, 2.24) is 0 Å². The lowest BCUT2D eigenvalue weighted by molar-refractivity contribution is -0.384. The monoisotopic (exact) mass is 673 g/mol. The minimum Gasteiger partial charge on any atom is -0.504 e. The number of nitro benzene ring substituents is 1. The molecule has 0 radical (unpaired) electrons. The van der Waals surface area contributed by atoms with E-state index in [9.17, 15) is 38.8 Å². The van der Waals surface area contributed by atoms with Crippen molar-refractivity contribution in [3.05, 3.63) is 98.8 Å². The molecule has 0 spiro atoms. The van der Waals surface area contributed by atoms with Crippen molar-refractivity contribution in [2.24, 2.45) is 29.1 Å². The van der Waals surface area contributed by atoms with E-state index in [1.54, 1.807) is 26.0 Å². The Hall–Kier alpha value is -5.10. The van der Waals surface area contributed by atoms with Gasteiger partial charge in [-0.3, -0.25) is 34.2 Å². The molecule has 3 fully saturated rings. The molecule has 3 aromatic carbocycles. The molecule has 2 saturated heterocycles. The van der Waals surface area contributed by atoms with Gasteiger partial charge in [-0.15, -0.1) is 0 Å². The molecule has 0 aromatic heterocycles. The molecule has 48 heavy (non-hydrogen) atoms. The van der Waals surface area contributed by atoms with Gasteiger partial charge in [0.25, 0.3) is 5.69 Å². The SMILES string of the molecule is CCOc1cc([C@H]2C3=CC[C@@H]4C(=O)N(c5ccc([N+](=O)[O-])cc5)C(=O)[C@@H]4[C@@H]3C[C@H]3C(=O)N(c4ccc(F)c(Cl)c4)C(=O)[C@@]23C)ccc1O. The number of anilines is 2. The van der Waals surface area contributed by atoms with Gasteiger partial charge in [-0.05, 0) is 80.6 Å². The molecule has 7 rings (SSSR count). The second-order valence-electron chi connectivity index (χ2n) is 12.7. The Morgan fingerprint density at radius 2 is 1.69 bits per heavy atom. The van der Waals surface area contributed by atoms with Crippen LogP contribution in [0.25, 0.3) is 0 Å². The average Bonchev–Trinajstić information content (AvgIpc) is 3.43. The molecule has 13 heteroatoms. The zero-order chi connectivity index (χ0) is 34.2. The maximum atomic E-state index is 14.5. The minimum atomic E-state index is -1.38. The molecule has 2 aliphatic heterocycles. The van der Waals surface area contributed by atoms with Crippen LogP contribution >= 0.6 is 11.6 Å². The standard InChI is InChI=1S/C35H29ClFN3O8/c1-3-48-28-14-17(4-13-27(28)41)30-21-10-11-22-29(33(44)38(31(22)42)18-5-7-19(8-6-18)40(46)47)23(21)16-24-32(43)39(34(45)35(24,30)2)20-9-12-26(37)25(36)15-20/h4-10,12-15,22-24,29-30,41H,3,11,16H2,1-2H3/t22-,23+,24-,29-,30-,35+/m0/s1. The number of phenolic OH excluding ortho intramolecular Hbond substituents is 1. The molecule has 0 bridgehead atoms. The van der Waals surface area contributed by atoms with Crippen molar-refractivity contribution in [1.29, 1.82) is 0 Å². The van der Waals surface area contributed by atoms with E-state index in [0.717, 1.165) is 21.4 Å². The number of halogens is 2. The quantitative estimate of drug-likeness (QED) is 0.147. The van der Waals surface area contributed by atoms with Gasteiger partial charge in [0.1, 0.15) is 5.82 Å². The third kappa shape index (κ3) is 4.45. The molecule has 3 aromatic rings. The number of ether oxygens (including phenoxy) is 1. The second-order valence-corrected chi connectivity index (χ2v) is 13.1. The summed E-state index contributed by atoms with van der Waals surface area (Å²) in [4.78, 5) is 69.5. The highest BCUT2D eigenvalue weighted by molar-refractivity contribution is 6.32. The molecular formula is C35H29ClFN3O8. The van der Waals surface area contributed by atoms with Crippen LogP contribution in [0, 0.1) is 45.0 Å². The number of hydrogen-bond acceptors (Lipinski definition) is 8. The molecule has 2 heterocycles. The fraction of sp³-hybridized carbons (Fsp3) is 0.314. The number of imide groups is 2. The van der Waals surface area contributed by atoms with Gasteiger partial charge in [-0.2, -0.15) is 0 Å². The van der Waals surface area contributed by atoms with Crippen LogP contribution in [0.4, 0.5) is 21.5 Å².